The van der Waals surface area contributed by atoms with Crippen molar-refractivity contribution >= 4 is 20.2 Å². The number of hydrogen-bond acceptors (Lipinski definition) is 5. The van der Waals surface area contributed by atoms with Gasteiger partial charge in [0.05, 0.1) is 11.0 Å². The maximum absolute atomic E-state index is 10.5. The molecule has 0 spiro atoms. The van der Waals surface area contributed by atoms with Crippen molar-refractivity contribution in [2.75, 3.05) is 12.3 Å². The molecular weight excluding hydrogens is 222 g/mol. The molecule has 4 N–H and O–H groups in total. The van der Waals surface area contributed by atoms with Crippen molar-refractivity contribution in [1.29, 1.82) is 0 Å². The second kappa shape index (κ2) is 4.33. The van der Waals surface area contributed by atoms with Crippen LogP contribution in [0, 0.1) is 0 Å². The standard InChI is InChI=1S/C4H11NO6S2/c5-3-4(13(9,10)11)1-2-12(6,7)8/h4H,1-3,5H2,(H,6,7,8)(H,9,10,11). The minimum atomic E-state index is -4.34. The zero-order chi connectivity index (χ0) is 10.7. The summed E-state index contributed by atoms with van der Waals surface area (Å²) >= 11 is 0. The Morgan fingerprint density at radius 2 is 1.62 bits per heavy atom. The molecule has 0 fully saturated rings. The van der Waals surface area contributed by atoms with Gasteiger partial charge in [-0.15, -0.1) is 0 Å². The molecule has 0 saturated carbocycles. The Balaban J connectivity index is 4.35. The van der Waals surface area contributed by atoms with Gasteiger partial charge in [-0.1, -0.05) is 0 Å². The summed E-state index contributed by atoms with van der Waals surface area (Å²) in [4.78, 5) is 0. The quantitative estimate of drug-likeness (QED) is 0.491. The van der Waals surface area contributed by atoms with Crippen molar-refractivity contribution in [3.05, 3.63) is 0 Å². The summed E-state index contributed by atoms with van der Waals surface area (Å²) in [5.41, 5.74) is 4.97. The third-order valence-corrected chi connectivity index (χ3v) is 3.40. The largest absolute Gasteiger partial charge is 0.329 e. The maximum atomic E-state index is 10.5. The Bertz CT molecular complexity index is 343. The van der Waals surface area contributed by atoms with Gasteiger partial charge in [-0.3, -0.25) is 9.11 Å². The Morgan fingerprint density at radius 3 is 1.85 bits per heavy atom. The van der Waals surface area contributed by atoms with E-state index in [0.29, 0.717) is 0 Å². The van der Waals surface area contributed by atoms with E-state index in [-0.39, 0.29) is 0 Å². The van der Waals surface area contributed by atoms with Crippen LogP contribution in [0.25, 0.3) is 0 Å². The van der Waals surface area contributed by atoms with Crippen LogP contribution in [0.5, 0.6) is 0 Å². The van der Waals surface area contributed by atoms with E-state index in [1.807, 2.05) is 0 Å². The van der Waals surface area contributed by atoms with Gasteiger partial charge in [-0.2, -0.15) is 16.8 Å². The van der Waals surface area contributed by atoms with E-state index in [1.165, 1.54) is 0 Å². The summed E-state index contributed by atoms with van der Waals surface area (Å²) in [6.07, 6.45) is -0.422. The molecule has 0 saturated heterocycles. The minimum Gasteiger partial charge on any atom is -0.329 e. The minimum absolute atomic E-state index is 0.394. The van der Waals surface area contributed by atoms with E-state index in [0.717, 1.165) is 0 Å². The molecule has 1 atom stereocenters. The molecule has 0 aromatic heterocycles. The zero-order valence-electron chi connectivity index (χ0n) is 6.62. The van der Waals surface area contributed by atoms with Crippen molar-refractivity contribution in [2.45, 2.75) is 11.7 Å². The Hall–Kier alpha value is -0.220. The van der Waals surface area contributed by atoms with E-state index >= 15 is 0 Å². The van der Waals surface area contributed by atoms with Gasteiger partial charge in [0.1, 0.15) is 0 Å². The summed E-state index contributed by atoms with van der Waals surface area (Å²) < 4.78 is 58.2. The molecule has 9 heteroatoms. The molecule has 0 aliphatic carbocycles. The highest BCUT2D eigenvalue weighted by atomic mass is 32.2. The van der Waals surface area contributed by atoms with Gasteiger partial charge in [-0.05, 0) is 6.42 Å². The second-order valence-corrected chi connectivity index (χ2v) is 5.72. The van der Waals surface area contributed by atoms with E-state index in [4.69, 9.17) is 14.8 Å². The summed E-state index contributed by atoms with van der Waals surface area (Å²) in [5, 5.41) is -1.35. The molecule has 1 unspecified atom stereocenters. The van der Waals surface area contributed by atoms with Crippen molar-refractivity contribution < 1.29 is 25.9 Å². The monoisotopic (exact) mass is 233 g/mol. The van der Waals surface area contributed by atoms with Crippen LogP contribution in [0.15, 0.2) is 0 Å². The van der Waals surface area contributed by atoms with Gasteiger partial charge < -0.3 is 5.73 Å². The maximum Gasteiger partial charge on any atom is 0.269 e. The fourth-order valence-electron chi connectivity index (χ4n) is 0.669. The smallest absolute Gasteiger partial charge is 0.269 e. The molecule has 13 heavy (non-hydrogen) atoms. The van der Waals surface area contributed by atoms with Crippen molar-refractivity contribution in [3.8, 4) is 0 Å². The molecule has 0 radical (unpaired) electrons. The molecule has 80 valence electrons. The predicted octanol–water partition coefficient (Wildman–Crippen LogP) is -1.52. The molecule has 0 aromatic rings. The highest BCUT2D eigenvalue weighted by molar-refractivity contribution is 7.87. The average molecular weight is 233 g/mol. The van der Waals surface area contributed by atoms with Crippen molar-refractivity contribution in [1.82, 2.24) is 0 Å². The molecule has 0 aliphatic heterocycles. The van der Waals surface area contributed by atoms with Crippen LogP contribution in [-0.2, 0) is 20.2 Å². The highest BCUT2D eigenvalue weighted by Gasteiger charge is 2.23. The van der Waals surface area contributed by atoms with E-state index in [9.17, 15) is 16.8 Å². The fourth-order valence-corrected chi connectivity index (χ4v) is 2.06. The van der Waals surface area contributed by atoms with Crippen molar-refractivity contribution in [3.63, 3.8) is 0 Å². The molecule has 0 rings (SSSR count). The van der Waals surface area contributed by atoms with Crippen molar-refractivity contribution in [2.24, 2.45) is 5.73 Å². The van der Waals surface area contributed by atoms with E-state index in [1.54, 1.807) is 0 Å². The molecule has 7 nitrogen and oxygen atoms in total. The van der Waals surface area contributed by atoms with Crippen LogP contribution in [-0.4, -0.2) is 43.5 Å². The molecule has 0 heterocycles. The van der Waals surface area contributed by atoms with Gasteiger partial charge in [0.2, 0.25) is 0 Å². The average Bonchev–Trinajstić information content (AvgIpc) is 1.82. The lowest BCUT2D eigenvalue weighted by atomic mass is 10.3. The number of nitrogens with two attached hydrogens (primary N) is 1. The lowest BCUT2D eigenvalue weighted by molar-refractivity contribution is 0.460. The van der Waals surface area contributed by atoms with Gasteiger partial charge in [0.25, 0.3) is 20.2 Å². The topological polar surface area (TPSA) is 135 Å². The number of hydrogen-bond donors (Lipinski definition) is 3. The lowest BCUT2D eigenvalue weighted by Gasteiger charge is -2.09. The second-order valence-electron chi connectivity index (χ2n) is 2.45. The first-order valence-corrected chi connectivity index (χ1v) is 6.39. The molecule has 0 aliphatic rings. The first kappa shape index (κ1) is 12.8. The number of rotatable bonds is 5. The first-order valence-electron chi connectivity index (χ1n) is 3.28. The molecular formula is C4H11NO6S2. The van der Waals surface area contributed by atoms with Gasteiger partial charge in [0.15, 0.2) is 0 Å². The molecule has 0 bridgehead atoms. The van der Waals surface area contributed by atoms with Crippen LogP contribution in [0.2, 0.25) is 0 Å². The molecule has 0 aromatic carbocycles. The summed E-state index contributed by atoms with van der Waals surface area (Å²) in [5.74, 6) is -0.741. The van der Waals surface area contributed by atoms with Crippen LogP contribution < -0.4 is 5.73 Å². The van der Waals surface area contributed by atoms with Gasteiger partial charge >= 0.3 is 0 Å². The van der Waals surface area contributed by atoms with Gasteiger partial charge in [0, 0.05) is 6.54 Å². The summed E-state index contributed by atoms with van der Waals surface area (Å²) in [7, 11) is -8.56. The lowest BCUT2D eigenvalue weighted by Crippen LogP contribution is -2.31. The first-order chi connectivity index (χ1) is 5.67. The fraction of sp³-hybridized carbons (Fsp3) is 1.00. The molecule has 0 amide bonds. The van der Waals surface area contributed by atoms with Gasteiger partial charge in [-0.25, -0.2) is 0 Å². The van der Waals surface area contributed by atoms with Crippen LogP contribution in [0.3, 0.4) is 0 Å². The SMILES string of the molecule is NCC(CCS(=O)(=O)O)S(=O)(=O)O. The normalized spacial score (nSPS) is 15.6. The summed E-state index contributed by atoms with van der Waals surface area (Å²) in [6, 6.07) is 0. The van der Waals surface area contributed by atoms with Crippen LogP contribution in [0.1, 0.15) is 6.42 Å². The Morgan fingerprint density at radius 1 is 1.15 bits per heavy atom. The van der Waals surface area contributed by atoms with Crippen LogP contribution >= 0.6 is 0 Å². The predicted molar refractivity (Wildman–Crippen MR) is 45.4 cm³/mol. The Labute approximate surface area is 76.4 Å². The van der Waals surface area contributed by atoms with Crippen LogP contribution in [0.4, 0.5) is 0 Å². The zero-order valence-corrected chi connectivity index (χ0v) is 8.25. The highest BCUT2D eigenvalue weighted by Crippen LogP contribution is 2.04. The van der Waals surface area contributed by atoms with E-state index in [2.05, 4.69) is 0 Å². The summed E-state index contributed by atoms with van der Waals surface area (Å²) in [6.45, 7) is -0.394. The Kier molecular flexibility index (Phi) is 4.26. The third kappa shape index (κ3) is 5.93. The van der Waals surface area contributed by atoms with E-state index < -0.39 is 44.2 Å². The third-order valence-electron chi connectivity index (χ3n) is 1.38.